The number of hydrogen-bond acceptors (Lipinski definition) is 3. The Morgan fingerprint density at radius 2 is 2.24 bits per heavy atom. The van der Waals surface area contributed by atoms with Crippen molar-refractivity contribution in [1.29, 1.82) is 0 Å². The van der Waals surface area contributed by atoms with Crippen LogP contribution in [0.4, 0.5) is 4.39 Å². The van der Waals surface area contributed by atoms with Crippen LogP contribution < -0.4 is 10.1 Å². The van der Waals surface area contributed by atoms with E-state index in [0.29, 0.717) is 0 Å². The van der Waals surface area contributed by atoms with Gasteiger partial charge in [0.15, 0.2) is 12.4 Å². The summed E-state index contributed by atoms with van der Waals surface area (Å²) in [4.78, 5) is 14.9. The van der Waals surface area contributed by atoms with Gasteiger partial charge in [0.25, 0.3) is 11.9 Å². The molecule has 1 aromatic rings. The number of rotatable bonds is 6. The van der Waals surface area contributed by atoms with Crippen LogP contribution in [0.2, 0.25) is 0 Å². The van der Waals surface area contributed by atoms with E-state index >= 15 is 0 Å². The molecule has 17 heavy (non-hydrogen) atoms. The van der Waals surface area contributed by atoms with Gasteiger partial charge in [0.2, 0.25) is 0 Å². The number of carbonyl (C=O) groups excluding carboxylic acids is 1. The average molecular weight is 240 g/mol. The molecule has 0 aliphatic heterocycles. The molecule has 1 aromatic heterocycles. The second-order valence-electron chi connectivity index (χ2n) is 3.66. The number of pyridine rings is 1. The van der Waals surface area contributed by atoms with E-state index < -0.39 is 5.95 Å². The monoisotopic (exact) mass is 240 g/mol. The summed E-state index contributed by atoms with van der Waals surface area (Å²) >= 11 is 0. The van der Waals surface area contributed by atoms with Gasteiger partial charge in [-0.3, -0.25) is 4.79 Å². The molecule has 4 nitrogen and oxygen atoms in total. The van der Waals surface area contributed by atoms with Crippen LogP contribution in [0.15, 0.2) is 18.3 Å². The van der Waals surface area contributed by atoms with Gasteiger partial charge in [-0.25, -0.2) is 4.98 Å². The molecule has 1 rings (SSSR count). The number of nitrogens with zero attached hydrogens (tertiary/aromatic N) is 1. The predicted molar refractivity (Wildman–Crippen MR) is 62.2 cm³/mol. The summed E-state index contributed by atoms with van der Waals surface area (Å²) in [6, 6.07) is 3.13. The lowest BCUT2D eigenvalue weighted by molar-refractivity contribution is -0.123. The number of carbonyl (C=O) groups is 1. The lowest BCUT2D eigenvalue weighted by Gasteiger charge is -2.14. The van der Waals surface area contributed by atoms with Crippen molar-refractivity contribution in [3.8, 4) is 5.75 Å². The first-order chi connectivity index (χ1) is 8.17. The highest BCUT2D eigenvalue weighted by molar-refractivity contribution is 5.77. The highest BCUT2D eigenvalue weighted by atomic mass is 19.1. The van der Waals surface area contributed by atoms with Gasteiger partial charge in [0.1, 0.15) is 0 Å². The maximum Gasteiger partial charge on any atom is 0.258 e. The van der Waals surface area contributed by atoms with Crippen LogP contribution in [-0.4, -0.2) is 23.5 Å². The lowest BCUT2D eigenvalue weighted by Crippen LogP contribution is -2.37. The van der Waals surface area contributed by atoms with E-state index in [1.54, 1.807) is 6.07 Å². The van der Waals surface area contributed by atoms with E-state index in [-0.39, 0.29) is 24.3 Å². The minimum atomic E-state index is -0.706. The molecule has 0 saturated carbocycles. The Morgan fingerprint density at radius 3 is 2.82 bits per heavy atom. The summed E-state index contributed by atoms with van der Waals surface area (Å²) in [7, 11) is 0. The van der Waals surface area contributed by atoms with Gasteiger partial charge in [0, 0.05) is 12.2 Å². The number of amides is 1. The van der Waals surface area contributed by atoms with Gasteiger partial charge in [-0.15, -0.1) is 0 Å². The topological polar surface area (TPSA) is 51.2 Å². The van der Waals surface area contributed by atoms with E-state index in [4.69, 9.17) is 4.74 Å². The fourth-order valence-electron chi connectivity index (χ4n) is 1.38. The molecule has 0 saturated heterocycles. The fourth-order valence-corrected chi connectivity index (χ4v) is 1.38. The van der Waals surface area contributed by atoms with Crippen molar-refractivity contribution < 1.29 is 13.9 Å². The van der Waals surface area contributed by atoms with Crippen molar-refractivity contribution in [2.45, 2.75) is 32.7 Å². The molecule has 0 aliphatic carbocycles. The van der Waals surface area contributed by atoms with Crippen molar-refractivity contribution >= 4 is 5.91 Å². The molecule has 0 unspecified atom stereocenters. The van der Waals surface area contributed by atoms with Crippen LogP contribution in [0, 0.1) is 5.95 Å². The summed E-state index contributed by atoms with van der Waals surface area (Å²) in [6.07, 6.45) is 3.06. The van der Waals surface area contributed by atoms with Crippen LogP contribution >= 0.6 is 0 Å². The largest absolute Gasteiger partial charge is 0.479 e. The van der Waals surface area contributed by atoms with Crippen LogP contribution in [0.5, 0.6) is 5.75 Å². The standard InChI is InChI=1S/C12H17FN2O2/c1-3-9(4-2)15-11(16)8-17-10-6-5-7-14-12(10)13/h5-7,9H,3-4,8H2,1-2H3,(H,15,16). The van der Waals surface area contributed by atoms with Crippen LogP contribution in [0.25, 0.3) is 0 Å². The second kappa shape index (κ2) is 6.83. The molecule has 0 aromatic carbocycles. The van der Waals surface area contributed by atoms with E-state index in [9.17, 15) is 9.18 Å². The van der Waals surface area contributed by atoms with Crippen LogP contribution in [0.1, 0.15) is 26.7 Å². The molecule has 0 atom stereocenters. The minimum absolute atomic E-state index is 0.00723. The number of aromatic nitrogens is 1. The third-order valence-corrected chi connectivity index (χ3v) is 2.43. The van der Waals surface area contributed by atoms with E-state index in [0.717, 1.165) is 12.8 Å². The summed E-state index contributed by atoms with van der Waals surface area (Å²) in [5, 5.41) is 2.80. The van der Waals surface area contributed by atoms with E-state index in [2.05, 4.69) is 10.3 Å². The molecule has 0 aliphatic rings. The van der Waals surface area contributed by atoms with Gasteiger partial charge in [-0.2, -0.15) is 4.39 Å². The first kappa shape index (κ1) is 13.4. The first-order valence-corrected chi connectivity index (χ1v) is 5.70. The molecule has 1 amide bonds. The Morgan fingerprint density at radius 1 is 1.53 bits per heavy atom. The van der Waals surface area contributed by atoms with Crippen LogP contribution in [-0.2, 0) is 4.79 Å². The van der Waals surface area contributed by atoms with Crippen molar-refractivity contribution in [2.24, 2.45) is 0 Å². The number of halogens is 1. The third-order valence-electron chi connectivity index (χ3n) is 2.43. The number of ether oxygens (including phenoxy) is 1. The Balaban J connectivity index is 2.41. The van der Waals surface area contributed by atoms with Gasteiger partial charge in [0.05, 0.1) is 0 Å². The minimum Gasteiger partial charge on any atom is -0.479 e. The maximum absolute atomic E-state index is 13.1. The fraction of sp³-hybridized carbons (Fsp3) is 0.500. The Kier molecular flexibility index (Phi) is 5.39. The van der Waals surface area contributed by atoms with Crippen LogP contribution in [0.3, 0.4) is 0 Å². The molecule has 1 N–H and O–H groups in total. The van der Waals surface area contributed by atoms with Crippen molar-refractivity contribution in [2.75, 3.05) is 6.61 Å². The van der Waals surface area contributed by atoms with Crippen molar-refractivity contribution in [3.05, 3.63) is 24.3 Å². The Hall–Kier alpha value is -1.65. The quantitative estimate of drug-likeness (QED) is 0.773. The van der Waals surface area contributed by atoms with Gasteiger partial charge in [-0.05, 0) is 25.0 Å². The molecule has 5 heteroatoms. The Labute approximate surface area is 100 Å². The van der Waals surface area contributed by atoms with Gasteiger partial charge >= 0.3 is 0 Å². The van der Waals surface area contributed by atoms with Crippen molar-refractivity contribution in [1.82, 2.24) is 10.3 Å². The lowest BCUT2D eigenvalue weighted by atomic mass is 10.2. The molecule has 0 fully saturated rings. The maximum atomic E-state index is 13.1. The summed E-state index contributed by atoms with van der Waals surface area (Å²) in [6.45, 7) is 3.80. The molecular formula is C12H17FN2O2. The highest BCUT2D eigenvalue weighted by Crippen LogP contribution is 2.12. The average Bonchev–Trinajstić information content (AvgIpc) is 2.35. The smallest absolute Gasteiger partial charge is 0.258 e. The highest BCUT2D eigenvalue weighted by Gasteiger charge is 2.10. The SMILES string of the molecule is CCC(CC)NC(=O)COc1cccnc1F. The molecular weight excluding hydrogens is 223 g/mol. The second-order valence-corrected chi connectivity index (χ2v) is 3.66. The summed E-state index contributed by atoms with van der Waals surface area (Å²) in [5.41, 5.74) is 0. The summed E-state index contributed by atoms with van der Waals surface area (Å²) in [5.74, 6) is -0.961. The zero-order valence-electron chi connectivity index (χ0n) is 10.1. The van der Waals surface area contributed by atoms with E-state index in [1.165, 1.54) is 12.3 Å². The number of hydrogen-bond donors (Lipinski definition) is 1. The number of nitrogens with one attached hydrogen (secondary N) is 1. The molecule has 1 heterocycles. The molecule has 0 radical (unpaired) electrons. The van der Waals surface area contributed by atoms with E-state index in [1.807, 2.05) is 13.8 Å². The van der Waals surface area contributed by atoms with Gasteiger partial charge in [-0.1, -0.05) is 13.8 Å². The normalized spacial score (nSPS) is 10.4. The molecule has 0 spiro atoms. The Bertz CT molecular complexity index is 367. The predicted octanol–water partition coefficient (Wildman–Crippen LogP) is 1.90. The third kappa shape index (κ3) is 4.38. The van der Waals surface area contributed by atoms with Gasteiger partial charge < -0.3 is 10.1 Å². The van der Waals surface area contributed by atoms with Crippen molar-refractivity contribution in [3.63, 3.8) is 0 Å². The zero-order chi connectivity index (χ0) is 12.7. The molecule has 94 valence electrons. The first-order valence-electron chi connectivity index (χ1n) is 5.70. The summed E-state index contributed by atoms with van der Waals surface area (Å²) < 4.78 is 18.1. The zero-order valence-corrected chi connectivity index (χ0v) is 10.1. The molecule has 0 bridgehead atoms.